The lowest BCUT2D eigenvalue weighted by molar-refractivity contribution is 0.0955. The molecule has 21 heavy (non-hydrogen) atoms. The van der Waals surface area contributed by atoms with E-state index in [0.717, 1.165) is 33.8 Å². The quantitative estimate of drug-likeness (QED) is 0.806. The number of carbonyl (C=O) groups is 1. The van der Waals surface area contributed by atoms with Crippen LogP contribution in [0.3, 0.4) is 0 Å². The highest BCUT2D eigenvalue weighted by atomic mass is 32.1. The smallest absolute Gasteiger partial charge is 0.261 e. The van der Waals surface area contributed by atoms with E-state index >= 15 is 0 Å². The number of carbonyl (C=O) groups excluding carboxylic acids is 1. The van der Waals surface area contributed by atoms with Crippen molar-refractivity contribution in [1.29, 1.82) is 0 Å². The van der Waals surface area contributed by atoms with E-state index in [1.54, 1.807) is 0 Å². The van der Waals surface area contributed by atoms with Gasteiger partial charge in [-0.05, 0) is 49.6 Å². The molecule has 2 aromatic heterocycles. The van der Waals surface area contributed by atoms with Crippen LogP contribution in [0.4, 0.5) is 0 Å². The molecule has 2 heterocycles. The number of amides is 1. The third-order valence-electron chi connectivity index (χ3n) is 3.67. The third-order valence-corrected chi connectivity index (χ3v) is 4.75. The number of nitrogens with zero attached hydrogens (tertiary/aromatic N) is 2. The molecule has 1 amide bonds. The van der Waals surface area contributed by atoms with Gasteiger partial charge in [0.1, 0.15) is 11.3 Å². The number of imidazole rings is 1. The van der Waals surface area contributed by atoms with Crippen molar-refractivity contribution in [2.45, 2.75) is 25.8 Å². The van der Waals surface area contributed by atoms with Gasteiger partial charge in [-0.15, -0.1) is 11.3 Å². The number of rotatable bonds is 3. The Labute approximate surface area is 126 Å². The molecule has 1 aliphatic rings. The number of hydrogen-bond donors (Lipinski definition) is 1. The van der Waals surface area contributed by atoms with Gasteiger partial charge in [0.2, 0.25) is 0 Å². The minimum Gasteiger partial charge on any atom is -0.349 e. The van der Waals surface area contributed by atoms with E-state index in [2.05, 4.69) is 35.4 Å². The molecule has 4 nitrogen and oxygen atoms in total. The van der Waals surface area contributed by atoms with Crippen molar-refractivity contribution in [2.75, 3.05) is 0 Å². The summed E-state index contributed by atoms with van der Waals surface area (Å²) in [5.41, 5.74) is 3.24. The maximum atomic E-state index is 12.1. The van der Waals surface area contributed by atoms with Gasteiger partial charge in [-0.3, -0.25) is 9.36 Å². The molecule has 4 rings (SSSR count). The average molecular weight is 297 g/mol. The topological polar surface area (TPSA) is 46.9 Å². The SMILES string of the molecule is Cc1ccc2c(c1)ncn2-c1ccc(C(=O)NC2CC2)s1. The van der Waals surface area contributed by atoms with Gasteiger partial charge in [0.05, 0.1) is 15.9 Å². The number of nitrogens with one attached hydrogen (secondary N) is 1. The molecule has 0 unspecified atom stereocenters. The molecule has 1 aliphatic carbocycles. The molecule has 1 saturated carbocycles. The first-order valence-electron chi connectivity index (χ1n) is 7.05. The highest BCUT2D eigenvalue weighted by molar-refractivity contribution is 7.16. The Morgan fingerprint density at radius 3 is 3.00 bits per heavy atom. The zero-order chi connectivity index (χ0) is 14.4. The largest absolute Gasteiger partial charge is 0.349 e. The second kappa shape index (κ2) is 4.70. The number of fused-ring (bicyclic) bond motifs is 1. The van der Waals surface area contributed by atoms with E-state index in [9.17, 15) is 4.79 Å². The third kappa shape index (κ3) is 2.34. The molecule has 0 radical (unpaired) electrons. The average Bonchev–Trinajstić information content (AvgIpc) is 3.01. The Kier molecular flexibility index (Phi) is 2.82. The first kappa shape index (κ1) is 12.6. The summed E-state index contributed by atoms with van der Waals surface area (Å²) in [6.45, 7) is 2.06. The van der Waals surface area contributed by atoms with Crippen molar-refractivity contribution in [1.82, 2.24) is 14.9 Å². The fraction of sp³-hybridized carbons (Fsp3) is 0.250. The van der Waals surface area contributed by atoms with Crippen LogP contribution in [0.5, 0.6) is 0 Å². The molecule has 0 atom stereocenters. The molecular weight excluding hydrogens is 282 g/mol. The van der Waals surface area contributed by atoms with Gasteiger partial charge < -0.3 is 5.32 Å². The lowest BCUT2D eigenvalue weighted by atomic mass is 10.2. The first-order chi connectivity index (χ1) is 10.2. The van der Waals surface area contributed by atoms with Crippen LogP contribution in [0, 0.1) is 6.92 Å². The summed E-state index contributed by atoms with van der Waals surface area (Å²) in [6.07, 6.45) is 4.03. The summed E-state index contributed by atoms with van der Waals surface area (Å²) >= 11 is 1.50. The van der Waals surface area contributed by atoms with E-state index in [0.29, 0.717) is 6.04 Å². The molecule has 1 fully saturated rings. The van der Waals surface area contributed by atoms with Gasteiger partial charge in [-0.1, -0.05) is 6.07 Å². The summed E-state index contributed by atoms with van der Waals surface area (Å²) in [5.74, 6) is 0.0361. The molecule has 106 valence electrons. The van der Waals surface area contributed by atoms with Gasteiger partial charge in [0.25, 0.3) is 5.91 Å². The van der Waals surface area contributed by atoms with Crippen molar-refractivity contribution in [3.8, 4) is 5.00 Å². The zero-order valence-electron chi connectivity index (χ0n) is 11.7. The monoisotopic (exact) mass is 297 g/mol. The van der Waals surface area contributed by atoms with E-state index in [4.69, 9.17) is 0 Å². The van der Waals surface area contributed by atoms with E-state index in [1.165, 1.54) is 16.9 Å². The van der Waals surface area contributed by atoms with Crippen LogP contribution in [-0.2, 0) is 0 Å². The van der Waals surface area contributed by atoms with Gasteiger partial charge in [0.15, 0.2) is 0 Å². The normalized spacial score (nSPS) is 14.5. The maximum Gasteiger partial charge on any atom is 0.261 e. The van der Waals surface area contributed by atoms with Crippen LogP contribution in [-0.4, -0.2) is 21.5 Å². The summed E-state index contributed by atoms with van der Waals surface area (Å²) in [6, 6.07) is 10.5. The highest BCUT2D eigenvalue weighted by Gasteiger charge is 2.24. The van der Waals surface area contributed by atoms with Crippen molar-refractivity contribution >= 4 is 28.3 Å². The molecule has 3 aromatic rings. The zero-order valence-corrected chi connectivity index (χ0v) is 12.5. The van der Waals surface area contributed by atoms with Crippen molar-refractivity contribution in [2.24, 2.45) is 0 Å². The van der Waals surface area contributed by atoms with Crippen LogP contribution in [0.1, 0.15) is 28.1 Å². The van der Waals surface area contributed by atoms with Crippen LogP contribution in [0.25, 0.3) is 16.0 Å². The Balaban J connectivity index is 1.68. The van der Waals surface area contributed by atoms with Crippen LogP contribution in [0.2, 0.25) is 0 Å². The Hall–Kier alpha value is -2.14. The lowest BCUT2D eigenvalue weighted by Gasteiger charge is -2.01. The summed E-state index contributed by atoms with van der Waals surface area (Å²) in [7, 11) is 0. The summed E-state index contributed by atoms with van der Waals surface area (Å²) < 4.78 is 2.04. The molecule has 5 heteroatoms. The van der Waals surface area contributed by atoms with Gasteiger partial charge >= 0.3 is 0 Å². The van der Waals surface area contributed by atoms with Gasteiger partial charge in [0, 0.05) is 6.04 Å². The predicted molar refractivity (Wildman–Crippen MR) is 84.2 cm³/mol. The summed E-state index contributed by atoms with van der Waals surface area (Å²) in [5, 5.41) is 4.04. The number of aryl methyl sites for hydroxylation is 1. The Morgan fingerprint density at radius 2 is 2.19 bits per heavy atom. The van der Waals surface area contributed by atoms with Gasteiger partial charge in [-0.2, -0.15) is 0 Å². The predicted octanol–water partition coefficient (Wildman–Crippen LogP) is 3.29. The van der Waals surface area contributed by atoms with E-state index < -0.39 is 0 Å². The van der Waals surface area contributed by atoms with Gasteiger partial charge in [-0.25, -0.2) is 4.98 Å². The molecule has 0 spiro atoms. The van der Waals surface area contributed by atoms with E-state index in [1.807, 2.05) is 23.0 Å². The number of aromatic nitrogens is 2. The van der Waals surface area contributed by atoms with Crippen molar-refractivity contribution < 1.29 is 4.79 Å². The molecule has 0 aliphatic heterocycles. The fourth-order valence-electron chi connectivity index (χ4n) is 2.36. The second-order valence-corrected chi connectivity index (χ2v) is 6.55. The molecule has 1 aromatic carbocycles. The summed E-state index contributed by atoms with van der Waals surface area (Å²) in [4.78, 5) is 17.3. The molecule has 0 saturated heterocycles. The fourth-order valence-corrected chi connectivity index (χ4v) is 3.25. The standard InChI is InChI=1S/C16H15N3OS/c1-10-2-5-13-12(8-10)17-9-19(13)15-7-6-14(21-15)16(20)18-11-3-4-11/h2,5-9,11H,3-4H2,1H3,(H,18,20). The van der Waals surface area contributed by atoms with Crippen molar-refractivity contribution in [3.63, 3.8) is 0 Å². The van der Waals surface area contributed by atoms with E-state index in [-0.39, 0.29) is 5.91 Å². The Morgan fingerprint density at radius 1 is 1.33 bits per heavy atom. The number of thiophene rings is 1. The van der Waals surface area contributed by atoms with Crippen LogP contribution in [0.15, 0.2) is 36.7 Å². The van der Waals surface area contributed by atoms with Crippen LogP contribution < -0.4 is 5.32 Å². The lowest BCUT2D eigenvalue weighted by Crippen LogP contribution is -2.24. The molecule has 0 bridgehead atoms. The first-order valence-corrected chi connectivity index (χ1v) is 7.87. The number of hydrogen-bond acceptors (Lipinski definition) is 3. The maximum absolute atomic E-state index is 12.1. The van der Waals surface area contributed by atoms with Crippen LogP contribution >= 0.6 is 11.3 Å². The minimum atomic E-state index is 0.0361. The Bertz CT molecular complexity index is 829. The highest BCUT2D eigenvalue weighted by Crippen LogP contribution is 2.26. The number of benzene rings is 1. The van der Waals surface area contributed by atoms with Crippen molar-refractivity contribution in [3.05, 3.63) is 47.1 Å². The second-order valence-electron chi connectivity index (χ2n) is 5.49. The molecular formula is C16H15N3OS. The molecule has 1 N–H and O–H groups in total. The minimum absolute atomic E-state index is 0.0361.